The van der Waals surface area contributed by atoms with E-state index in [-0.39, 0.29) is 4.90 Å². The zero-order valence-electron chi connectivity index (χ0n) is 9.97. The lowest BCUT2D eigenvalue weighted by molar-refractivity contribution is -0.159. The predicted octanol–water partition coefficient (Wildman–Crippen LogP) is 1.88. The minimum absolute atomic E-state index is 0.197. The molecule has 4 nitrogen and oxygen atoms in total. The van der Waals surface area contributed by atoms with Crippen molar-refractivity contribution in [3.05, 3.63) is 29.8 Å². The van der Waals surface area contributed by atoms with Gasteiger partial charge in [0.05, 0.1) is 18.1 Å². The lowest BCUT2D eigenvalue weighted by Crippen LogP contribution is -2.52. The summed E-state index contributed by atoms with van der Waals surface area (Å²) < 4.78 is 34.4. The second-order valence-corrected chi connectivity index (χ2v) is 5.93. The van der Waals surface area contributed by atoms with E-state index < -0.39 is 15.7 Å². The van der Waals surface area contributed by atoms with Crippen molar-refractivity contribution >= 4 is 10.1 Å². The molecule has 0 atom stereocenters. The minimum atomic E-state index is -3.69. The Hall–Kier alpha value is -0.910. The fourth-order valence-corrected chi connectivity index (χ4v) is 2.87. The molecule has 0 saturated carbocycles. The van der Waals surface area contributed by atoms with Gasteiger partial charge in [-0.25, -0.2) is 0 Å². The summed E-state index contributed by atoms with van der Waals surface area (Å²) in [4.78, 5) is 0.197. The molecular formula is C12H16O4S. The van der Waals surface area contributed by atoms with Crippen molar-refractivity contribution in [2.24, 2.45) is 0 Å². The molecular weight excluding hydrogens is 240 g/mol. The van der Waals surface area contributed by atoms with E-state index in [1.54, 1.807) is 24.3 Å². The molecule has 17 heavy (non-hydrogen) atoms. The van der Waals surface area contributed by atoms with Crippen LogP contribution in [0.1, 0.15) is 18.9 Å². The van der Waals surface area contributed by atoms with Crippen LogP contribution >= 0.6 is 0 Å². The standard InChI is InChI=1S/C12H16O4S/c1-3-12(8-15-9-12)16-17(13,14)11-6-4-10(2)5-7-11/h4-7H,3,8-9H2,1-2H3. The molecule has 5 heteroatoms. The summed E-state index contributed by atoms with van der Waals surface area (Å²) in [5.41, 5.74) is 0.352. The van der Waals surface area contributed by atoms with Crippen molar-refractivity contribution < 1.29 is 17.3 Å². The molecule has 0 aromatic heterocycles. The molecule has 1 fully saturated rings. The molecule has 1 saturated heterocycles. The van der Waals surface area contributed by atoms with E-state index in [9.17, 15) is 8.42 Å². The zero-order valence-corrected chi connectivity index (χ0v) is 10.8. The molecule has 0 N–H and O–H groups in total. The summed E-state index contributed by atoms with van der Waals surface area (Å²) in [6.07, 6.45) is 0.623. The fraction of sp³-hybridized carbons (Fsp3) is 0.500. The van der Waals surface area contributed by atoms with Crippen LogP contribution in [0.3, 0.4) is 0 Å². The normalized spacial score (nSPS) is 18.7. The van der Waals surface area contributed by atoms with Gasteiger partial charge in [0.25, 0.3) is 10.1 Å². The average Bonchev–Trinajstić information content (AvgIpc) is 2.24. The Balaban J connectivity index is 2.22. The van der Waals surface area contributed by atoms with E-state index >= 15 is 0 Å². The van der Waals surface area contributed by atoms with Crippen molar-refractivity contribution in [2.75, 3.05) is 13.2 Å². The molecule has 2 rings (SSSR count). The Morgan fingerprint density at radius 1 is 1.29 bits per heavy atom. The van der Waals surface area contributed by atoms with Gasteiger partial charge < -0.3 is 4.74 Å². The molecule has 0 radical (unpaired) electrons. The third kappa shape index (κ3) is 2.51. The van der Waals surface area contributed by atoms with Crippen LogP contribution in [0.4, 0.5) is 0 Å². The first-order valence-corrected chi connectivity index (χ1v) is 6.98. The lowest BCUT2D eigenvalue weighted by Gasteiger charge is -2.39. The maximum absolute atomic E-state index is 12.0. The third-order valence-electron chi connectivity index (χ3n) is 2.97. The summed E-state index contributed by atoms with van der Waals surface area (Å²) in [6, 6.07) is 6.64. The average molecular weight is 256 g/mol. The first kappa shape index (κ1) is 12.5. The molecule has 0 unspecified atom stereocenters. The Kier molecular flexibility index (Phi) is 3.25. The van der Waals surface area contributed by atoms with Crippen LogP contribution in [0.15, 0.2) is 29.2 Å². The highest BCUT2D eigenvalue weighted by molar-refractivity contribution is 7.86. The maximum Gasteiger partial charge on any atom is 0.297 e. The number of rotatable bonds is 4. The van der Waals surface area contributed by atoms with Crippen molar-refractivity contribution in [2.45, 2.75) is 30.8 Å². The van der Waals surface area contributed by atoms with Gasteiger partial charge in [-0.05, 0) is 25.5 Å². The molecule has 0 amide bonds. The van der Waals surface area contributed by atoms with E-state index in [2.05, 4.69) is 0 Å². The first-order valence-electron chi connectivity index (χ1n) is 5.57. The van der Waals surface area contributed by atoms with Gasteiger partial charge >= 0.3 is 0 Å². The van der Waals surface area contributed by atoms with Gasteiger partial charge in [-0.2, -0.15) is 8.42 Å². The van der Waals surface area contributed by atoms with Crippen molar-refractivity contribution in [3.63, 3.8) is 0 Å². The summed E-state index contributed by atoms with van der Waals surface area (Å²) in [5, 5.41) is 0. The van der Waals surface area contributed by atoms with Crippen LogP contribution in [-0.4, -0.2) is 27.2 Å². The van der Waals surface area contributed by atoms with Crippen molar-refractivity contribution in [1.82, 2.24) is 0 Å². The lowest BCUT2D eigenvalue weighted by atomic mass is 10.00. The molecule has 0 bridgehead atoms. The quantitative estimate of drug-likeness (QED) is 0.772. The van der Waals surface area contributed by atoms with Gasteiger partial charge in [0, 0.05) is 0 Å². The van der Waals surface area contributed by atoms with Gasteiger partial charge in [-0.15, -0.1) is 0 Å². The summed E-state index contributed by atoms with van der Waals surface area (Å²) in [6.45, 7) is 4.49. The Morgan fingerprint density at radius 3 is 2.29 bits per heavy atom. The van der Waals surface area contributed by atoms with Gasteiger partial charge in [0.1, 0.15) is 5.60 Å². The highest BCUT2D eigenvalue weighted by Gasteiger charge is 2.42. The monoisotopic (exact) mass is 256 g/mol. The number of hydrogen-bond acceptors (Lipinski definition) is 4. The fourth-order valence-electron chi connectivity index (χ4n) is 1.63. The van der Waals surface area contributed by atoms with Crippen molar-refractivity contribution in [1.29, 1.82) is 0 Å². The Morgan fingerprint density at radius 2 is 1.88 bits per heavy atom. The van der Waals surface area contributed by atoms with Crippen LogP contribution in [0, 0.1) is 6.92 Å². The Labute approximate surface area is 102 Å². The second-order valence-electron chi connectivity index (χ2n) is 4.38. The zero-order chi connectivity index (χ0) is 12.5. The van der Waals surface area contributed by atoms with E-state index in [1.165, 1.54) is 0 Å². The highest BCUT2D eigenvalue weighted by atomic mass is 32.2. The first-order chi connectivity index (χ1) is 7.97. The van der Waals surface area contributed by atoms with E-state index in [0.717, 1.165) is 5.56 Å². The van der Waals surface area contributed by atoms with Gasteiger partial charge in [0.15, 0.2) is 0 Å². The largest absolute Gasteiger partial charge is 0.375 e. The number of aryl methyl sites for hydroxylation is 1. The highest BCUT2D eigenvalue weighted by Crippen LogP contribution is 2.30. The number of benzene rings is 1. The molecule has 0 aliphatic carbocycles. The minimum Gasteiger partial charge on any atom is -0.375 e. The van der Waals surface area contributed by atoms with E-state index in [4.69, 9.17) is 8.92 Å². The van der Waals surface area contributed by atoms with Gasteiger partial charge in [-0.3, -0.25) is 4.18 Å². The summed E-state index contributed by atoms with van der Waals surface area (Å²) in [7, 11) is -3.69. The van der Waals surface area contributed by atoms with Gasteiger partial charge in [-0.1, -0.05) is 24.6 Å². The molecule has 1 aliphatic heterocycles. The topological polar surface area (TPSA) is 52.6 Å². The van der Waals surface area contributed by atoms with Crippen LogP contribution < -0.4 is 0 Å². The Bertz CT molecular complexity index is 480. The molecule has 1 heterocycles. The predicted molar refractivity (Wildman–Crippen MR) is 63.3 cm³/mol. The van der Waals surface area contributed by atoms with Crippen molar-refractivity contribution in [3.8, 4) is 0 Å². The molecule has 94 valence electrons. The number of ether oxygens (including phenoxy) is 1. The van der Waals surface area contributed by atoms with Crippen LogP contribution in [0.2, 0.25) is 0 Å². The smallest absolute Gasteiger partial charge is 0.297 e. The summed E-state index contributed by atoms with van der Waals surface area (Å²) in [5.74, 6) is 0. The molecule has 1 aliphatic rings. The maximum atomic E-state index is 12.0. The van der Waals surface area contributed by atoms with Crippen LogP contribution in [-0.2, 0) is 19.0 Å². The van der Waals surface area contributed by atoms with Crippen LogP contribution in [0.5, 0.6) is 0 Å². The molecule has 1 aromatic carbocycles. The number of hydrogen-bond donors (Lipinski definition) is 0. The van der Waals surface area contributed by atoms with Crippen LogP contribution in [0.25, 0.3) is 0 Å². The summed E-state index contributed by atoms with van der Waals surface area (Å²) >= 11 is 0. The molecule has 0 spiro atoms. The second kappa shape index (κ2) is 4.40. The van der Waals surface area contributed by atoms with E-state index in [0.29, 0.717) is 19.6 Å². The van der Waals surface area contributed by atoms with E-state index in [1.807, 2.05) is 13.8 Å². The molecule has 1 aromatic rings. The third-order valence-corrected chi connectivity index (χ3v) is 4.39. The van der Waals surface area contributed by atoms with Gasteiger partial charge in [0.2, 0.25) is 0 Å². The SMILES string of the molecule is CCC1(OS(=O)(=O)c2ccc(C)cc2)COC1.